The first-order chi connectivity index (χ1) is 8.48. The van der Waals surface area contributed by atoms with E-state index in [9.17, 15) is 14.4 Å². The molecule has 1 rings (SSSR count). The Morgan fingerprint density at radius 3 is 1.89 bits per heavy atom. The molecular formula is C14H23NO4. The Morgan fingerprint density at radius 2 is 1.53 bits per heavy atom. The maximum atomic E-state index is 12.1. The molecule has 0 aromatic heterocycles. The van der Waals surface area contributed by atoms with Gasteiger partial charge in [-0.3, -0.25) is 9.59 Å². The topological polar surface area (TPSA) is 63.7 Å². The van der Waals surface area contributed by atoms with Crippen LogP contribution in [0.5, 0.6) is 0 Å². The zero-order chi connectivity index (χ0) is 15.0. The van der Waals surface area contributed by atoms with E-state index in [1.807, 2.05) is 34.6 Å². The van der Waals surface area contributed by atoms with E-state index in [2.05, 4.69) is 0 Å². The van der Waals surface area contributed by atoms with E-state index >= 15 is 0 Å². The zero-order valence-corrected chi connectivity index (χ0v) is 12.6. The Bertz CT molecular complexity index is 390. The lowest BCUT2D eigenvalue weighted by Crippen LogP contribution is -2.43. The molecule has 108 valence electrons. The van der Waals surface area contributed by atoms with Crippen molar-refractivity contribution in [2.75, 3.05) is 0 Å². The first-order valence-corrected chi connectivity index (χ1v) is 6.56. The predicted molar refractivity (Wildman–Crippen MR) is 69.6 cm³/mol. The van der Waals surface area contributed by atoms with Crippen molar-refractivity contribution in [3.8, 4) is 0 Å². The smallest absolute Gasteiger partial charge is 0.330 e. The highest BCUT2D eigenvalue weighted by Crippen LogP contribution is 2.44. The van der Waals surface area contributed by atoms with Gasteiger partial charge in [0.2, 0.25) is 0 Å². The number of hydrogen-bond donors (Lipinski definition) is 0. The summed E-state index contributed by atoms with van der Waals surface area (Å²) in [6, 6.07) is 0. The lowest BCUT2D eigenvalue weighted by molar-refractivity contribution is -0.204. The van der Waals surface area contributed by atoms with Crippen molar-refractivity contribution in [2.45, 2.75) is 54.4 Å². The second-order valence-corrected chi connectivity index (χ2v) is 6.69. The monoisotopic (exact) mass is 269 g/mol. The van der Waals surface area contributed by atoms with Gasteiger partial charge in [-0.05, 0) is 10.8 Å². The van der Waals surface area contributed by atoms with Gasteiger partial charge in [0.15, 0.2) is 0 Å². The molecule has 1 saturated heterocycles. The number of carbonyl (C=O) groups excluding carboxylic acids is 3. The van der Waals surface area contributed by atoms with Gasteiger partial charge in [0.25, 0.3) is 11.8 Å². The van der Waals surface area contributed by atoms with E-state index in [0.717, 1.165) is 0 Å². The van der Waals surface area contributed by atoms with Crippen LogP contribution in [0.3, 0.4) is 0 Å². The standard InChI is InChI=1S/C14H23NO4/c1-9(14(5,6)13(2,3)4)12(18)19-15-10(16)7-8-11(15)17/h9H,7-8H2,1-6H3. The van der Waals surface area contributed by atoms with Crippen LogP contribution in [0.15, 0.2) is 0 Å². The van der Waals surface area contributed by atoms with Crippen molar-refractivity contribution in [2.24, 2.45) is 16.7 Å². The zero-order valence-electron chi connectivity index (χ0n) is 12.6. The SMILES string of the molecule is CC(C(=O)ON1C(=O)CCC1=O)C(C)(C)C(C)(C)C. The molecule has 1 fully saturated rings. The van der Waals surface area contributed by atoms with E-state index in [4.69, 9.17) is 4.84 Å². The highest BCUT2D eigenvalue weighted by molar-refractivity contribution is 6.01. The van der Waals surface area contributed by atoms with Gasteiger partial charge in [-0.1, -0.05) is 41.5 Å². The molecule has 0 aliphatic carbocycles. The van der Waals surface area contributed by atoms with Crippen molar-refractivity contribution in [1.29, 1.82) is 0 Å². The number of nitrogens with zero attached hydrogens (tertiary/aromatic N) is 1. The van der Waals surface area contributed by atoms with Crippen molar-refractivity contribution >= 4 is 17.8 Å². The maximum absolute atomic E-state index is 12.1. The van der Waals surface area contributed by atoms with Crippen LogP contribution < -0.4 is 0 Å². The number of imide groups is 1. The first-order valence-electron chi connectivity index (χ1n) is 6.56. The molecule has 0 spiro atoms. The summed E-state index contributed by atoms with van der Waals surface area (Å²) in [5, 5.41) is 0.609. The van der Waals surface area contributed by atoms with Gasteiger partial charge in [-0.15, -0.1) is 5.06 Å². The fraction of sp³-hybridized carbons (Fsp3) is 0.786. The average molecular weight is 269 g/mol. The average Bonchev–Trinajstić information content (AvgIpc) is 2.58. The third-order valence-electron chi connectivity index (χ3n) is 4.56. The molecule has 1 aliphatic heterocycles. The summed E-state index contributed by atoms with van der Waals surface area (Å²) < 4.78 is 0. The van der Waals surface area contributed by atoms with E-state index in [-0.39, 0.29) is 23.7 Å². The minimum Gasteiger partial charge on any atom is -0.330 e. The Kier molecular flexibility index (Phi) is 4.08. The van der Waals surface area contributed by atoms with Crippen LogP contribution in [0.25, 0.3) is 0 Å². The summed E-state index contributed by atoms with van der Waals surface area (Å²) in [5.74, 6) is -1.85. The molecule has 5 heteroatoms. The van der Waals surface area contributed by atoms with E-state index in [1.165, 1.54) is 0 Å². The quantitative estimate of drug-likeness (QED) is 0.737. The Balaban J connectivity index is 2.79. The minimum atomic E-state index is -0.538. The van der Waals surface area contributed by atoms with Crippen LogP contribution in [-0.2, 0) is 19.2 Å². The van der Waals surface area contributed by atoms with Gasteiger partial charge in [0, 0.05) is 12.8 Å². The van der Waals surface area contributed by atoms with E-state index < -0.39 is 23.7 Å². The van der Waals surface area contributed by atoms with Gasteiger partial charge in [0.05, 0.1) is 5.92 Å². The van der Waals surface area contributed by atoms with Gasteiger partial charge >= 0.3 is 5.97 Å². The molecular weight excluding hydrogens is 246 g/mol. The molecule has 0 aromatic carbocycles. The fourth-order valence-corrected chi connectivity index (χ4v) is 1.77. The minimum absolute atomic E-state index is 0.107. The highest BCUT2D eigenvalue weighted by atomic mass is 16.7. The summed E-state index contributed by atoms with van der Waals surface area (Å²) >= 11 is 0. The molecule has 19 heavy (non-hydrogen) atoms. The summed E-state index contributed by atoms with van der Waals surface area (Å²) in [7, 11) is 0. The largest absolute Gasteiger partial charge is 0.336 e. The number of amides is 2. The molecule has 1 unspecified atom stereocenters. The van der Waals surface area contributed by atoms with Crippen molar-refractivity contribution in [3.05, 3.63) is 0 Å². The second-order valence-electron chi connectivity index (χ2n) is 6.69. The fourth-order valence-electron chi connectivity index (χ4n) is 1.77. The molecule has 1 aliphatic rings. The third-order valence-corrected chi connectivity index (χ3v) is 4.56. The van der Waals surface area contributed by atoms with Crippen molar-refractivity contribution < 1.29 is 19.2 Å². The molecule has 0 aromatic rings. The van der Waals surface area contributed by atoms with Crippen LogP contribution in [-0.4, -0.2) is 22.8 Å². The summed E-state index contributed by atoms with van der Waals surface area (Å²) in [4.78, 5) is 39.9. The Hall–Kier alpha value is -1.39. The molecule has 1 heterocycles. The summed E-state index contributed by atoms with van der Waals surface area (Å²) in [6.07, 6.45) is 0.228. The van der Waals surface area contributed by atoms with E-state index in [0.29, 0.717) is 5.06 Å². The molecule has 2 amide bonds. The number of hydroxylamine groups is 2. The second kappa shape index (κ2) is 4.94. The van der Waals surface area contributed by atoms with Crippen molar-refractivity contribution in [3.63, 3.8) is 0 Å². The summed E-state index contributed by atoms with van der Waals surface area (Å²) in [6.45, 7) is 11.9. The van der Waals surface area contributed by atoms with Gasteiger partial charge in [-0.2, -0.15) is 0 Å². The molecule has 1 atom stereocenters. The number of rotatable bonds is 3. The Labute approximate surface area is 114 Å². The van der Waals surface area contributed by atoms with Gasteiger partial charge in [0.1, 0.15) is 0 Å². The first kappa shape index (κ1) is 15.7. The normalized spacial score (nSPS) is 18.7. The lowest BCUT2D eigenvalue weighted by Gasteiger charge is -2.42. The van der Waals surface area contributed by atoms with Crippen LogP contribution in [0.2, 0.25) is 0 Å². The van der Waals surface area contributed by atoms with Crippen LogP contribution in [0.1, 0.15) is 54.4 Å². The molecule has 0 N–H and O–H groups in total. The van der Waals surface area contributed by atoms with Gasteiger partial charge in [-0.25, -0.2) is 4.79 Å². The third kappa shape index (κ3) is 2.96. The molecule has 0 saturated carbocycles. The van der Waals surface area contributed by atoms with Crippen molar-refractivity contribution in [1.82, 2.24) is 5.06 Å². The van der Waals surface area contributed by atoms with Crippen LogP contribution in [0, 0.1) is 16.7 Å². The van der Waals surface area contributed by atoms with Gasteiger partial charge < -0.3 is 4.84 Å². The summed E-state index contributed by atoms with van der Waals surface area (Å²) in [5.41, 5.74) is -0.430. The van der Waals surface area contributed by atoms with E-state index in [1.54, 1.807) is 6.92 Å². The lowest BCUT2D eigenvalue weighted by atomic mass is 9.62. The number of carbonyl (C=O) groups is 3. The number of hydrogen-bond acceptors (Lipinski definition) is 4. The van der Waals surface area contributed by atoms with Crippen LogP contribution in [0.4, 0.5) is 0 Å². The van der Waals surface area contributed by atoms with Crippen LogP contribution >= 0.6 is 0 Å². The Morgan fingerprint density at radius 1 is 1.11 bits per heavy atom. The highest BCUT2D eigenvalue weighted by Gasteiger charge is 2.44. The molecule has 0 bridgehead atoms. The molecule has 5 nitrogen and oxygen atoms in total. The maximum Gasteiger partial charge on any atom is 0.336 e. The predicted octanol–water partition coefficient (Wildman–Crippen LogP) is 2.30. The molecule has 0 radical (unpaired) electrons.